The zero-order chi connectivity index (χ0) is 70.6. The molecule has 6 aromatic rings. The summed E-state index contributed by atoms with van der Waals surface area (Å²) < 4.78 is 18.9. The lowest BCUT2D eigenvalue weighted by Gasteiger charge is -2.19. The number of carbonyl (C=O) groups excluding carboxylic acids is 9. The maximum Gasteiger partial charge on any atom is 0.347 e. The first-order valence-electron chi connectivity index (χ1n) is 24.2. The lowest BCUT2D eigenvalue weighted by atomic mass is 9.87. The number of carbonyl (C=O) groups is 21. The minimum absolute atomic E-state index is 0.0116. The summed E-state index contributed by atoms with van der Waals surface area (Å²) >= 11 is 0. The van der Waals surface area contributed by atoms with E-state index in [-0.39, 0.29) is 54.6 Å². The van der Waals surface area contributed by atoms with Crippen LogP contribution in [0, 0.1) is 0 Å². The average molecular weight is 1300 g/mol. The summed E-state index contributed by atoms with van der Waals surface area (Å²) in [5, 5.41) is 118. The van der Waals surface area contributed by atoms with Crippen molar-refractivity contribution in [2.24, 2.45) is 0 Å². The maximum atomic E-state index is 15.1. The van der Waals surface area contributed by atoms with E-state index >= 15 is 9.59 Å². The van der Waals surface area contributed by atoms with Crippen molar-refractivity contribution in [3.63, 3.8) is 0 Å². The molecule has 476 valence electrons. The SMILES string of the molecule is O=C(O)c1cc(C(=O)O)c(C(=O)OC(=O)c2cc(C(=O)c3ccccc3)c(C(=O)OC(=O)c3cc(C(=O)O)c(C(=O)O)cc3C(=O)O)c(C(=O)OC(=O)c3cc(C(=O)O)c(C(=O)O)cc3C(=O)O)c2C(=O)OC(=O)c2cc(C(=O)O)c(C(=O)O)cc2C(=O)O)cc1C(=O)O. The predicted molar refractivity (Wildman–Crippen MR) is 285 cm³/mol. The van der Waals surface area contributed by atoms with E-state index in [4.69, 9.17) is 18.9 Å². The highest BCUT2D eigenvalue weighted by molar-refractivity contribution is 6.27. The van der Waals surface area contributed by atoms with Gasteiger partial charge >= 0.3 is 119 Å². The summed E-state index contributed by atoms with van der Waals surface area (Å²) in [5.74, 6) is -50.4. The van der Waals surface area contributed by atoms with Gasteiger partial charge in [-0.1, -0.05) is 30.3 Å². The molecule has 6 aromatic carbocycles. The Kier molecular flexibility index (Phi) is 19.4. The number of ether oxygens (including phenoxy) is 4. The van der Waals surface area contributed by atoms with E-state index in [1.807, 2.05) is 0 Å². The number of aromatic carboxylic acids is 12. The zero-order valence-corrected chi connectivity index (χ0v) is 45.2. The largest absolute Gasteiger partial charge is 0.478 e. The van der Waals surface area contributed by atoms with Crippen molar-refractivity contribution in [1.29, 1.82) is 0 Å². The Bertz CT molecular complexity index is 4630. The third-order valence-electron chi connectivity index (χ3n) is 12.5. The smallest absolute Gasteiger partial charge is 0.347 e. The van der Waals surface area contributed by atoms with Gasteiger partial charge in [0.2, 0.25) is 0 Å². The van der Waals surface area contributed by atoms with E-state index in [0.717, 1.165) is 24.3 Å². The molecule has 0 saturated heterocycles. The fraction of sp³-hybridized carbons (Fsp3) is 0. The Balaban J connectivity index is 1.83. The number of carboxylic acid groups (broad SMARTS) is 12. The van der Waals surface area contributed by atoms with Gasteiger partial charge in [-0.2, -0.15) is 0 Å². The molecule has 6 rings (SSSR count). The van der Waals surface area contributed by atoms with Crippen molar-refractivity contribution < 1.29 is 181 Å². The first-order chi connectivity index (χ1) is 43.8. The van der Waals surface area contributed by atoms with Crippen molar-refractivity contribution in [2.45, 2.75) is 0 Å². The van der Waals surface area contributed by atoms with Gasteiger partial charge < -0.3 is 80.2 Å². The summed E-state index contributed by atoms with van der Waals surface area (Å²) in [6, 6.07) is 4.31. The van der Waals surface area contributed by atoms with Crippen LogP contribution in [0.3, 0.4) is 0 Å². The second kappa shape index (κ2) is 26.7. The molecule has 12 N–H and O–H groups in total. The number of carboxylic acids is 12. The van der Waals surface area contributed by atoms with Crippen molar-refractivity contribution in [1.82, 2.24) is 0 Å². The van der Waals surface area contributed by atoms with E-state index in [9.17, 15) is 152 Å². The van der Waals surface area contributed by atoms with Gasteiger partial charge in [-0.05, 0) is 54.6 Å². The zero-order valence-electron chi connectivity index (χ0n) is 45.2. The molecule has 0 atom stereocenters. The summed E-state index contributed by atoms with van der Waals surface area (Å²) in [6.45, 7) is 0. The van der Waals surface area contributed by atoms with Crippen molar-refractivity contribution in [3.05, 3.63) is 207 Å². The minimum atomic E-state index is -2.93. The molecule has 0 saturated carbocycles. The first kappa shape index (κ1) is 68.3. The molecule has 0 bridgehead atoms. The van der Waals surface area contributed by atoms with Gasteiger partial charge in [0.1, 0.15) is 0 Å². The topological polar surface area (TPSA) is 638 Å². The molecule has 37 nitrogen and oxygen atoms in total. The van der Waals surface area contributed by atoms with Gasteiger partial charge in [-0.25, -0.2) is 95.9 Å². The third kappa shape index (κ3) is 13.6. The van der Waals surface area contributed by atoms with Crippen LogP contribution in [0.2, 0.25) is 0 Å². The highest BCUT2D eigenvalue weighted by Gasteiger charge is 2.42. The van der Waals surface area contributed by atoms with E-state index in [2.05, 4.69) is 0 Å². The Hall–Kier alpha value is -14.8. The van der Waals surface area contributed by atoms with Crippen LogP contribution in [0.25, 0.3) is 0 Å². The van der Waals surface area contributed by atoms with Gasteiger partial charge in [0.05, 0.1) is 111 Å². The number of hydrogen-bond donors (Lipinski definition) is 12. The second-order valence-electron chi connectivity index (χ2n) is 17.9. The predicted octanol–water partition coefficient (Wildman–Crippen LogP) is 3.28. The van der Waals surface area contributed by atoms with Crippen LogP contribution in [0.5, 0.6) is 0 Å². The fourth-order valence-corrected chi connectivity index (χ4v) is 8.36. The minimum Gasteiger partial charge on any atom is -0.478 e. The second-order valence-corrected chi connectivity index (χ2v) is 17.9. The molecule has 0 aliphatic rings. The summed E-state index contributed by atoms with van der Waals surface area (Å²) in [7, 11) is 0. The highest BCUT2D eigenvalue weighted by atomic mass is 16.6. The number of rotatable bonds is 22. The normalized spacial score (nSPS) is 10.5. The fourth-order valence-electron chi connectivity index (χ4n) is 8.36. The third-order valence-corrected chi connectivity index (χ3v) is 12.5. The monoisotopic (exact) mass is 1300 g/mol. The Morgan fingerprint density at radius 3 is 0.596 bits per heavy atom. The average Bonchev–Trinajstić information content (AvgIpc) is 0.747. The molecule has 94 heavy (non-hydrogen) atoms. The summed E-state index contributed by atoms with van der Waals surface area (Å²) in [5.41, 5.74) is -36.2. The van der Waals surface area contributed by atoms with Crippen LogP contribution in [0.4, 0.5) is 0 Å². The Morgan fingerprint density at radius 2 is 0.362 bits per heavy atom. The lowest BCUT2D eigenvalue weighted by molar-refractivity contribution is 0.0331. The molecule has 0 radical (unpaired) electrons. The van der Waals surface area contributed by atoms with Crippen molar-refractivity contribution in [2.75, 3.05) is 0 Å². The van der Waals surface area contributed by atoms with Gasteiger partial charge in [-0.3, -0.25) is 4.79 Å². The van der Waals surface area contributed by atoms with Crippen LogP contribution >= 0.6 is 0 Å². The molecule has 0 aliphatic heterocycles. The summed E-state index contributed by atoms with van der Waals surface area (Å²) in [6.07, 6.45) is 0. The van der Waals surface area contributed by atoms with Crippen LogP contribution in [0.15, 0.2) is 84.9 Å². The Morgan fingerprint density at radius 1 is 0.191 bits per heavy atom. The van der Waals surface area contributed by atoms with Gasteiger partial charge in [0, 0.05) is 11.1 Å². The van der Waals surface area contributed by atoms with E-state index in [1.54, 1.807) is 0 Å². The van der Waals surface area contributed by atoms with Gasteiger partial charge in [0.15, 0.2) is 5.78 Å². The van der Waals surface area contributed by atoms with E-state index in [1.165, 1.54) is 6.07 Å². The number of hydrogen-bond acceptors (Lipinski definition) is 25. The molecule has 0 aromatic heterocycles. The molecule has 37 heteroatoms. The molecule has 0 aliphatic carbocycles. The van der Waals surface area contributed by atoms with E-state index in [0.29, 0.717) is 0 Å². The van der Waals surface area contributed by atoms with Crippen LogP contribution in [-0.4, -0.2) is 186 Å². The molecular weight excluding hydrogens is 1280 g/mol. The highest BCUT2D eigenvalue weighted by Crippen LogP contribution is 2.33. The first-order valence-corrected chi connectivity index (χ1v) is 24.2. The molecule has 0 amide bonds. The standard InChI is InChI=1S/C57H26O37/c58-37(15-4-2-1-3-5-15)32-14-33(54(87)91-50(83)28-10-20(42(67)68)16(38(59)60)6-24(28)46(75)76)35(56(89)93-52(85)30-12-22(44(71)72)18(40(63)64)8-26(30)48(79)80)36(57(90)94-53(86)31-13-23(45(73)74)19(41(65)66)9-27(31)49(81)82)34(32)55(88)92-51(84)29-11-21(43(69)70)17(39(61)62)7-25(29)47(77)78/h1-14H,(H,59,60)(H,61,62)(H,63,64)(H,65,66)(H,67,68)(H,69,70)(H,71,72)(H,73,74)(H,75,76)(H,77,78)(H,79,80)(H,81,82). The van der Waals surface area contributed by atoms with Crippen LogP contribution in [0.1, 0.15) is 223 Å². The molecular formula is C57H26O37. The van der Waals surface area contributed by atoms with Gasteiger partial charge in [0.25, 0.3) is 0 Å². The Labute approximate surface area is 512 Å². The number of ketones is 1. The molecule has 0 unspecified atom stereocenters. The maximum absolute atomic E-state index is 15.1. The lowest BCUT2D eigenvalue weighted by Crippen LogP contribution is -2.30. The molecule has 0 heterocycles. The van der Waals surface area contributed by atoms with Crippen LogP contribution < -0.4 is 0 Å². The summed E-state index contributed by atoms with van der Waals surface area (Å²) in [4.78, 5) is 278. The van der Waals surface area contributed by atoms with E-state index < -0.39 is 248 Å². The van der Waals surface area contributed by atoms with Crippen LogP contribution in [-0.2, 0) is 18.9 Å². The molecule has 0 spiro atoms. The van der Waals surface area contributed by atoms with Crippen molar-refractivity contribution in [3.8, 4) is 0 Å². The van der Waals surface area contributed by atoms with Crippen molar-refractivity contribution >= 4 is 125 Å². The van der Waals surface area contributed by atoms with Gasteiger partial charge in [-0.15, -0.1) is 0 Å². The molecule has 0 fully saturated rings. The quantitative estimate of drug-likeness (QED) is 0.0201. The number of esters is 8. The number of benzene rings is 6.